The normalized spacial score (nSPS) is 23.2. The van der Waals surface area contributed by atoms with Crippen LogP contribution in [-0.4, -0.2) is 59.7 Å². The van der Waals surface area contributed by atoms with Crippen molar-refractivity contribution in [2.24, 2.45) is 0 Å². The number of likely N-dealkylation sites (tertiary alicyclic amines) is 1. The van der Waals surface area contributed by atoms with Crippen LogP contribution in [0.25, 0.3) is 0 Å². The minimum atomic E-state index is 0.333. The molecule has 0 spiro atoms. The molecule has 0 radical (unpaired) electrons. The van der Waals surface area contributed by atoms with Crippen molar-refractivity contribution in [3.05, 3.63) is 66.0 Å². The third kappa shape index (κ3) is 4.70. The second-order valence-corrected chi connectivity index (χ2v) is 7.55. The van der Waals surface area contributed by atoms with Gasteiger partial charge >= 0.3 is 0 Å². The summed E-state index contributed by atoms with van der Waals surface area (Å²) in [6.07, 6.45) is 7.72. The summed E-state index contributed by atoms with van der Waals surface area (Å²) in [4.78, 5) is 9.48. The Balaban J connectivity index is 1.26. The summed E-state index contributed by atoms with van der Waals surface area (Å²) in [7, 11) is 0. The molecule has 0 bridgehead atoms. The first-order chi connectivity index (χ1) is 12.9. The third-order valence-corrected chi connectivity index (χ3v) is 5.68. The maximum absolute atomic E-state index is 6.04. The van der Waals surface area contributed by atoms with E-state index in [-0.39, 0.29) is 0 Å². The molecule has 3 heterocycles. The first-order valence-corrected chi connectivity index (χ1v) is 9.87. The number of morpholine rings is 1. The number of aromatic nitrogens is 1. The maximum Gasteiger partial charge on any atom is 0.0742 e. The lowest BCUT2D eigenvalue weighted by atomic mass is 10.00. The zero-order valence-corrected chi connectivity index (χ0v) is 15.5. The Morgan fingerprint density at radius 3 is 2.54 bits per heavy atom. The van der Waals surface area contributed by atoms with E-state index in [0.29, 0.717) is 12.1 Å². The van der Waals surface area contributed by atoms with Gasteiger partial charge in [0.1, 0.15) is 0 Å². The number of rotatable bonds is 5. The van der Waals surface area contributed by atoms with Gasteiger partial charge in [0.2, 0.25) is 0 Å². The summed E-state index contributed by atoms with van der Waals surface area (Å²) >= 11 is 0. The Kier molecular flexibility index (Phi) is 5.95. The Bertz CT molecular complexity index is 656. The number of hydrogen-bond donors (Lipinski definition) is 0. The molecule has 138 valence electrons. The second-order valence-electron chi connectivity index (χ2n) is 7.55. The smallest absolute Gasteiger partial charge is 0.0742 e. The van der Waals surface area contributed by atoms with Gasteiger partial charge in [0, 0.05) is 38.1 Å². The zero-order valence-electron chi connectivity index (χ0n) is 15.5. The monoisotopic (exact) mass is 351 g/mol. The summed E-state index contributed by atoms with van der Waals surface area (Å²) in [6.45, 7) is 6.41. The highest BCUT2D eigenvalue weighted by Gasteiger charge is 2.29. The summed E-state index contributed by atoms with van der Waals surface area (Å²) in [6, 6.07) is 15.6. The van der Waals surface area contributed by atoms with Crippen LogP contribution in [0.2, 0.25) is 0 Å². The molecule has 26 heavy (non-hydrogen) atoms. The van der Waals surface area contributed by atoms with Crippen LogP contribution in [0.4, 0.5) is 0 Å². The van der Waals surface area contributed by atoms with Crippen LogP contribution in [0.3, 0.4) is 0 Å². The maximum atomic E-state index is 6.04. The Hall–Kier alpha value is -1.75. The summed E-state index contributed by atoms with van der Waals surface area (Å²) in [5.41, 5.74) is 2.70. The molecule has 0 saturated carbocycles. The SMILES string of the molecule is c1ccc(C[C@H]2CN(C3CCN(Cc4cccnc4)CC3)CCO2)cc1. The van der Waals surface area contributed by atoms with Gasteiger partial charge in [0.15, 0.2) is 0 Å². The molecule has 0 amide bonds. The Morgan fingerprint density at radius 1 is 0.962 bits per heavy atom. The van der Waals surface area contributed by atoms with Crippen LogP contribution in [0.1, 0.15) is 24.0 Å². The van der Waals surface area contributed by atoms with Gasteiger partial charge in [-0.2, -0.15) is 0 Å². The predicted molar refractivity (Wildman–Crippen MR) is 104 cm³/mol. The number of benzene rings is 1. The fourth-order valence-electron chi connectivity index (χ4n) is 4.27. The van der Waals surface area contributed by atoms with Crippen molar-refractivity contribution in [3.8, 4) is 0 Å². The molecule has 1 aromatic heterocycles. The largest absolute Gasteiger partial charge is 0.375 e. The van der Waals surface area contributed by atoms with Crippen molar-refractivity contribution in [3.63, 3.8) is 0 Å². The van der Waals surface area contributed by atoms with Crippen LogP contribution >= 0.6 is 0 Å². The van der Waals surface area contributed by atoms with E-state index in [1.165, 1.54) is 37.1 Å². The molecular weight excluding hydrogens is 322 g/mol. The van der Waals surface area contributed by atoms with Crippen molar-refractivity contribution in [2.75, 3.05) is 32.8 Å². The third-order valence-electron chi connectivity index (χ3n) is 5.68. The van der Waals surface area contributed by atoms with Gasteiger partial charge in [-0.1, -0.05) is 36.4 Å². The number of ether oxygens (including phenoxy) is 1. The van der Waals surface area contributed by atoms with Gasteiger partial charge in [0.05, 0.1) is 12.7 Å². The summed E-state index contributed by atoms with van der Waals surface area (Å²) < 4.78 is 6.04. The van der Waals surface area contributed by atoms with E-state index in [0.717, 1.165) is 32.7 Å². The van der Waals surface area contributed by atoms with E-state index in [1.54, 1.807) is 0 Å². The van der Waals surface area contributed by atoms with Crippen molar-refractivity contribution in [2.45, 2.75) is 38.0 Å². The molecular formula is C22H29N3O. The van der Waals surface area contributed by atoms with Gasteiger partial charge < -0.3 is 4.74 Å². The van der Waals surface area contributed by atoms with E-state index in [2.05, 4.69) is 51.2 Å². The number of nitrogens with zero attached hydrogens (tertiary/aromatic N) is 3. The predicted octanol–water partition coefficient (Wildman–Crippen LogP) is 2.99. The van der Waals surface area contributed by atoms with Crippen molar-refractivity contribution in [1.29, 1.82) is 0 Å². The standard InChI is InChI=1S/C22H29N3O/c1-2-5-19(6-3-1)15-22-18-25(13-14-26-22)21-8-11-24(12-9-21)17-20-7-4-10-23-16-20/h1-7,10,16,21-22H,8-9,11-15,17-18H2/t22-/m0/s1. The van der Waals surface area contributed by atoms with Crippen LogP contribution < -0.4 is 0 Å². The Labute approximate surface area is 156 Å². The number of hydrogen-bond acceptors (Lipinski definition) is 4. The minimum absolute atomic E-state index is 0.333. The van der Waals surface area contributed by atoms with Crippen LogP contribution in [0, 0.1) is 0 Å². The van der Waals surface area contributed by atoms with Crippen molar-refractivity contribution < 1.29 is 4.74 Å². The van der Waals surface area contributed by atoms with E-state index in [1.807, 2.05) is 18.5 Å². The fraction of sp³-hybridized carbons (Fsp3) is 0.500. The molecule has 2 aliphatic rings. The quantitative estimate of drug-likeness (QED) is 0.828. The highest BCUT2D eigenvalue weighted by atomic mass is 16.5. The van der Waals surface area contributed by atoms with Gasteiger partial charge in [-0.25, -0.2) is 0 Å². The first-order valence-electron chi connectivity index (χ1n) is 9.87. The highest BCUT2D eigenvalue weighted by molar-refractivity contribution is 5.15. The highest BCUT2D eigenvalue weighted by Crippen LogP contribution is 2.21. The van der Waals surface area contributed by atoms with Gasteiger partial charge in [-0.3, -0.25) is 14.8 Å². The van der Waals surface area contributed by atoms with Crippen LogP contribution in [-0.2, 0) is 17.7 Å². The molecule has 4 nitrogen and oxygen atoms in total. The van der Waals surface area contributed by atoms with E-state index < -0.39 is 0 Å². The summed E-state index contributed by atoms with van der Waals surface area (Å²) in [5.74, 6) is 0. The zero-order chi connectivity index (χ0) is 17.6. The number of piperidine rings is 1. The lowest BCUT2D eigenvalue weighted by molar-refractivity contribution is -0.0514. The van der Waals surface area contributed by atoms with Crippen molar-refractivity contribution >= 4 is 0 Å². The van der Waals surface area contributed by atoms with Gasteiger partial charge in [-0.05, 0) is 49.5 Å². The molecule has 4 heteroatoms. The molecule has 2 fully saturated rings. The molecule has 2 aromatic rings. The number of pyridine rings is 1. The minimum Gasteiger partial charge on any atom is -0.375 e. The lowest BCUT2D eigenvalue weighted by Gasteiger charge is -2.42. The van der Waals surface area contributed by atoms with E-state index in [9.17, 15) is 0 Å². The molecule has 1 atom stereocenters. The van der Waals surface area contributed by atoms with Gasteiger partial charge in [0.25, 0.3) is 0 Å². The molecule has 0 N–H and O–H groups in total. The average Bonchev–Trinajstić information content (AvgIpc) is 2.70. The molecule has 0 aliphatic carbocycles. The van der Waals surface area contributed by atoms with Crippen LogP contribution in [0.5, 0.6) is 0 Å². The molecule has 1 aromatic carbocycles. The summed E-state index contributed by atoms with van der Waals surface area (Å²) in [5, 5.41) is 0. The van der Waals surface area contributed by atoms with Crippen molar-refractivity contribution in [1.82, 2.24) is 14.8 Å². The molecule has 0 unspecified atom stereocenters. The molecule has 4 rings (SSSR count). The molecule has 2 aliphatic heterocycles. The average molecular weight is 351 g/mol. The van der Waals surface area contributed by atoms with E-state index in [4.69, 9.17) is 4.74 Å². The lowest BCUT2D eigenvalue weighted by Crippen LogP contribution is -2.51. The molecule has 2 saturated heterocycles. The second kappa shape index (κ2) is 8.76. The van der Waals surface area contributed by atoms with Gasteiger partial charge in [-0.15, -0.1) is 0 Å². The topological polar surface area (TPSA) is 28.6 Å². The van der Waals surface area contributed by atoms with E-state index >= 15 is 0 Å². The van der Waals surface area contributed by atoms with Crippen LogP contribution in [0.15, 0.2) is 54.9 Å². The Morgan fingerprint density at radius 2 is 1.77 bits per heavy atom. The first kappa shape index (κ1) is 17.7. The fourth-order valence-corrected chi connectivity index (χ4v) is 4.27.